The van der Waals surface area contributed by atoms with Gasteiger partial charge in [-0.15, -0.1) is 0 Å². The molecule has 0 aliphatic carbocycles. The van der Waals surface area contributed by atoms with E-state index in [4.69, 9.17) is 9.47 Å². The van der Waals surface area contributed by atoms with Crippen LogP contribution in [0.2, 0.25) is 0 Å². The highest BCUT2D eigenvalue weighted by Gasteiger charge is 2.46. The van der Waals surface area contributed by atoms with Gasteiger partial charge in [-0.3, -0.25) is 9.59 Å². The van der Waals surface area contributed by atoms with Gasteiger partial charge in [0.05, 0.1) is 23.9 Å². The Morgan fingerprint density at radius 2 is 1.88 bits per heavy atom. The molecule has 1 amide bonds. The quantitative estimate of drug-likeness (QED) is 0.617. The summed E-state index contributed by atoms with van der Waals surface area (Å²) in [4.78, 5) is 41.2. The van der Waals surface area contributed by atoms with Gasteiger partial charge in [-0.2, -0.15) is 0 Å². The molecule has 1 aromatic carbocycles. The molecule has 7 heteroatoms. The molecule has 7 nitrogen and oxygen atoms in total. The van der Waals surface area contributed by atoms with Crippen molar-refractivity contribution in [1.29, 1.82) is 0 Å². The lowest BCUT2D eigenvalue weighted by atomic mass is 9.75. The van der Waals surface area contributed by atoms with Gasteiger partial charge in [0.25, 0.3) is 0 Å². The third kappa shape index (κ3) is 4.25. The molecule has 2 aliphatic rings. The number of amides is 1. The zero-order valence-electron chi connectivity index (χ0n) is 20.2. The topological polar surface area (TPSA) is 77.8 Å². The van der Waals surface area contributed by atoms with Gasteiger partial charge in [0.1, 0.15) is 5.60 Å². The van der Waals surface area contributed by atoms with Crippen molar-refractivity contribution >= 4 is 28.9 Å². The summed E-state index contributed by atoms with van der Waals surface area (Å²) in [6, 6.07) is 7.56. The second-order valence-electron chi connectivity index (χ2n) is 10.0. The summed E-state index contributed by atoms with van der Waals surface area (Å²) < 4.78 is 12.6. The SMILES string of the molecule is CCOC(=O)C[C@H]1C[C@@H]2c3c(c4ccccc4n3C(=O)OC(C)(C)C)CCN2C(=O)[C@@H]1CC. The number of aromatic nitrogens is 1. The largest absolute Gasteiger partial charge is 0.466 e. The number of hydrogen-bond donors (Lipinski definition) is 0. The summed E-state index contributed by atoms with van der Waals surface area (Å²) in [5, 5.41) is 1.02. The van der Waals surface area contributed by atoms with Crippen LogP contribution in [-0.4, -0.2) is 46.2 Å². The Morgan fingerprint density at radius 3 is 2.55 bits per heavy atom. The van der Waals surface area contributed by atoms with E-state index >= 15 is 0 Å². The lowest BCUT2D eigenvalue weighted by Crippen LogP contribution is -2.51. The van der Waals surface area contributed by atoms with Gasteiger partial charge in [0.15, 0.2) is 0 Å². The minimum absolute atomic E-state index is 0.0645. The van der Waals surface area contributed by atoms with Crippen LogP contribution < -0.4 is 0 Å². The molecule has 0 saturated carbocycles. The van der Waals surface area contributed by atoms with Gasteiger partial charge < -0.3 is 14.4 Å². The smallest absolute Gasteiger partial charge is 0.419 e. The molecule has 0 unspecified atom stereocenters. The van der Waals surface area contributed by atoms with Crippen LogP contribution in [0, 0.1) is 11.8 Å². The van der Waals surface area contributed by atoms with Crippen LogP contribution in [0.5, 0.6) is 0 Å². The summed E-state index contributed by atoms with van der Waals surface area (Å²) in [6.45, 7) is 10.3. The van der Waals surface area contributed by atoms with Gasteiger partial charge >= 0.3 is 12.1 Å². The first-order valence-electron chi connectivity index (χ1n) is 12.0. The fourth-order valence-electron chi connectivity index (χ4n) is 5.52. The van der Waals surface area contributed by atoms with Gasteiger partial charge in [0.2, 0.25) is 5.91 Å². The summed E-state index contributed by atoms with van der Waals surface area (Å²) in [5.74, 6) is -0.550. The Bertz CT molecular complexity index is 1080. The van der Waals surface area contributed by atoms with Crippen LogP contribution in [0.15, 0.2) is 24.3 Å². The van der Waals surface area contributed by atoms with Crippen LogP contribution in [-0.2, 0) is 25.5 Å². The third-order valence-corrected chi connectivity index (χ3v) is 6.76. The number of esters is 1. The van der Waals surface area contributed by atoms with Crippen LogP contribution in [0.4, 0.5) is 4.79 Å². The van der Waals surface area contributed by atoms with E-state index < -0.39 is 11.7 Å². The molecule has 1 aromatic heterocycles. The number of para-hydroxylation sites is 1. The normalized spacial score (nSPS) is 22.6. The zero-order chi connectivity index (χ0) is 23.9. The van der Waals surface area contributed by atoms with Gasteiger partial charge in [-0.1, -0.05) is 25.1 Å². The van der Waals surface area contributed by atoms with Crippen molar-refractivity contribution in [2.24, 2.45) is 11.8 Å². The molecule has 2 aliphatic heterocycles. The lowest BCUT2D eigenvalue weighted by molar-refractivity contribution is -0.151. The van der Waals surface area contributed by atoms with Gasteiger partial charge in [0, 0.05) is 24.3 Å². The number of nitrogens with zero attached hydrogens (tertiary/aromatic N) is 2. The highest BCUT2D eigenvalue weighted by Crippen LogP contribution is 2.46. The molecule has 3 heterocycles. The minimum Gasteiger partial charge on any atom is -0.466 e. The van der Waals surface area contributed by atoms with E-state index in [1.807, 2.05) is 56.9 Å². The molecule has 0 bridgehead atoms. The van der Waals surface area contributed by atoms with E-state index in [9.17, 15) is 14.4 Å². The first-order chi connectivity index (χ1) is 15.7. The number of benzene rings is 1. The predicted molar refractivity (Wildman–Crippen MR) is 125 cm³/mol. The summed E-state index contributed by atoms with van der Waals surface area (Å²) in [7, 11) is 0. The van der Waals surface area contributed by atoms with Gasteiger partial charge in [-0.05, 0) is 64.5 Å². The monoisotopic (exact) mass is 454 g/mol. The Morgan fingerprint density at radius 1 is 1.15 bits per heavy atom. The molecule has 0 spiro atoms. The number of piperidine rings is 1. The summed E-state index contributed by atoms with van der Waals surface area (Å²) in [6.07, 6.45) is 1.76. The van der Waals surface area contributed by atoms with Crippen LogP contribution >= 0.6 is 0 Å². The van der Waals surface area contributed by atoms with Crippen molar-refractivity contribution in [3.8, 4) is 0 Å². The minimum atomic E-state index is -0.647. The molecule has 3 atom stereocenters. The number of carbonyl (C=O) groups is 3. The Hall–Kier alpha value is -2.83. The van der Waals surface area contributed by atoms with E-state index in [1.54, 1.807) is 11.5 Å². The Balaban J connectivity index is 1.81. The van der Waals surface area contributed by atoms with Crippen LogP contribution in [0.1, 0.15) is 71.2 Å². The van der Waals surface area contributed by atoms with Crippen LogP contribution in [0.3, 0.4) is 0 Å². The predicted octanol–water partition coefficient (Wildman–Crippen LogP) is 4.85. The molecule has 178 valence electrons. The molecule has 1 saturated heterocycles. The number of rotatable bonds is 4. The van der Waals surface area contributed by atoms with E-state index in [2.05, 4.69) is 0 Å². The summed E-state index contributed by atoms with van der Waals surface area (Å²) >= 11 is 0. The molecule has 33 heavy (non-hydrogen) atoms. The maximum absolute atomic E-state index is 13.5. The van der Waals surface area contributed by atoms with Gasteiger partial charge in [-0.25, -0.2) is 9.36 Å². The van der Waals surface area contributed by atoms with Crippen LogP contribution in [0.25, 0.3) is 10.9 Å². The second kappa shape index (κ2) is 8.84. The number of ether oxygens (including phenoxy) is 2. The van der Waals surface area contributed by atoms with E-state index in [0.717, 1.165) is 22.2 Å². The highest BCUT2D eigenvalue weighted by atomic mass is 16.6. The molecular formula is C26H34N2O5. The maximum atomic E-state index is 13.5. The molecule has 2 aromatic rings. The molecule has 1 fully saturated rings. The van der Waals surface area contributed by atoms with Crippen molar-refractivity contribution in [1.82, 2.24) is 9.47 Å². The first kappa shape index (κ1) is 23.3. The molecule has 4 rings (SSSR count). The van der Waals surface area contributed by atoms with E-state index in [0.29, 0.717) is 32.4 Å². The molecule has 0 N–H and O–H groups in total. The standard InChI is InChI=1S/C26H34N2O5/c1-6-17-16(15-22(29)32-7-2)14-21-23-19(12-13-27(21)24(17)30)18-10-8-9-11-20(18)28(23)25(31)33-26(3,4)5/h8-11,16-17,21H,6-7,12-15H2,1-5H3/t16-,17-,21-/m1/s1. The Kier molecular flexibility index (Phi) is 6.25. The average molecular weight is 455 g/mol. The van der Waals surface area contributed by atoms with Crippen molar-refractivity contribution in [2.45, 2.75) is 71.9 Å². The third-order valence-electron chi connectivity index (χ3n) is 6.76. The lowest BCUT2D eigenvalue weighted by Gasteiger charge is -2.46. The average Bonchev–Trinajstić information content (AvgIpc) is 3.08. The number of carbonyl (C=O) groups excluding carboxylic acids is 3. The van der Waals surface area contributed by atoms with E-state index in [-0.39, 0.29) is 36.2 Å². The summed E-state index contributed by atoms with van der Waals surface area (Å²) in [5.41, 5.74) is 2.07. The number of hydrogen-bond acceptors (Lipinski definition) is 5. The molecular weight excluding hydrogens is 420 g/mol. The Labute approximate surface area is 195 Å². The molecule has 0 radical (unpaired) electrons. The second-order valence-corrected chi connectivity index (χ2v) is 10.0. The maximum Gasteiger partial charge on any atom is 0.419 e. The van der Waals surface area contributed by atoms with Crippen molar-refractivity contribution in [3.63, 3.8) is 0 Å². The van der Waals surface area contributed by atoms with Crippen molar-refractivity contribution in [2.75, 3.05) is 13.2 Å². The van der Waals surface area contributed by atoms with E-state index in [1.165, 1.54) is 0 Å². The van der Waals surface area contributed by atoms with Crippen molar-refractivity contribution < 1.29 is 23.9 Å². The van der Waals surface area contributed by atoms with Crippen molar-refractivity contribution in [3.05, 3.63) is 35.5 Å². The fraction of sp³-hybridized carbons (Fsp3) is 0.577. The first-order valence-corrected chi connectivity index (χ1v) is 12.0. The number of fused-ring (bicyclic) bond motifs is 5. The zero-order valence-corrected chi connectivity index (χ0v) is 20.2. The fourth-order valence-corrected chi connectivity index (χ4v) is 5.52. The highest BCUT2D eigenvalue weighted by molar-refractivity contribution is 5.95.